The van der Waals surface area contributed by atoms with E-state index in [1.54, 1.807) is 18.2 Å². The maximum Gasteiger partial charge on any atom is 0.387 e. The molecule has 0 amide bonds. The van der Waals surface area contributed by atoms with Gasteiger partial charge in [-0.1, -0.05) is 36.8 Å². The Kier molecular flexibility index (Phi) is 6.83. The molecule has 0 aromatic heterocycles. The SMILES string of the molecule is FC(F)Oc1cccc(CCc2ccccc2OCN2CCCCC2)c1. The van der Waals surface area contributed by atoms with Gasteiger partial charge in [0.2, 0.25) is 0 Å². The predicted molar refractivity (Wildman–Crippen MR) is 97.8 cm³/mol. The Morgan fingerprint density at radius 1 is 0.923 bits per heavy atom. The van der Waals surface area contributed by atoms with Gasteiger partial charge in [-0.05, 0) is 55.0 Å². The summed E-state index contributed by atoms with van der Waals surface area (Å²) in [5.41, 5.74) is 2.10. The van der Waals surface area contributed by atoms with E-state index in [1.807, 2.05) is 24.3 Å². The number of ether oxygens (including phenoxy) is 2. The van der Waals surface area contributed by atoms with Crippen LogP contribution < -0.4 is 9.47 Å². The number of aryl methyl sites for hydroxylation is 2. The minimum Gasteiger partial charge on any atom is -0.478 e. The lowest BCUT2D eigenvalue weighted by atomic mass is 10.0. The van der Waals surface area contributed by atoms with Gasteiger partial charge in [0.05, 0.1) is 0 Å². The Morgan fingerprint density at radius 3 is 2.54 bits per heavy atom. The van der Waals surface area contributed by atoms with Gasteiger partial charge >= 0.3 is 6.61 Å². The average molecular weight is 361 g/mol. The third-order valence-electron chi connectivity index (χ3n) is 4.63. The average Bonchev–Trinajstić information content (AvgIpc) is 2.66. The number of benzene rings is 2. The van der Waals surface area contributed by atoms with Crippen LogP contribution in [-0.2, 0) is 12.8 Å². The summed E-state index contributed by atoms with van der Waals surface area (Å²) in [6, 6.07) is 14.9. The lowest BCUT2D eigenvalue weighted by Gasteiger charge is -2.26. The monoisotopic (exact) mass is 361 g/mol. The van der Waals surface area contributed by atoms with Crippen LogP contribution in [0.2, 0.25) is 0 Å². The first-order valence-electron chi connectivity index (χ1n) is 9.17. The minimum absolute atomic E-state index is 0.201. The topological polar surface area (TPSA) is 21.7 Å². The smallest absolute Gasteiger partial charge is 0.387 e. The van der Waals surface area contributed by atoms with Crippen LogP contribution in [0.25, 0.3) is 0 Å². The van der Waals surface area contributed by atoms with Crippen LogP contribution in [0.15, 0.2) is 48.5 Å². The van der Waals surface area contributed by atoms with Crippen molar-refractivity contribution in [2.24, 2.45) is 0 Å². The second kappa shape index (κ2) is 9.53. The molecule has 0 N–H and O–H groups in total. The van der Waals surface area contributed by atoms with Gasteiger partial charge < -0.3 is 9.47 Å². The van der Waals surface area contributed by atoms with E-state index in [0.29, 0.717) is 6.73 Å². The van der Waals surface area contributed by atoms with Gasteiger partial charge in [-0.15, -0.1) is 0 Å². The second-order valence-electron chi connectivity index (χ2n) is 6.59. The van der Waals surface area contributed by atoms with Crippen LogP contribution >= 0.6 is 0 Å². The molecule has 2 aromatic rings. The van der Waals surface area contributed by atoms with Crippen molar-refractivity contribution in [3.63, 3.8) is 0 Å². The van der Waals surface area contributed by atoms with Gasteiger partial charge in [0.1, 0.15) is 18.2 Å². The zero-order valence-corrected chi connectivity index (χ0v) is 14.9. The summed E-state index contributed by atoms with van der Waals surface area (Å²) in [7, 11) is 0. The quantitative estimate of drug-likeness (QED) is 0.668. The number of rotatable bonds is 8. The van der Waals surface area contributed by atoms with E-state index in [1.165, 1.54) is 19.3 Å². The van der Waals surface area contributed by atoms with E-state index < -0.39 is 6.61 Å². The molecular formula is C21H25F2NO2. The number of nitrogens with zero attached hydrogens (tertiary/aromatic N) is 1. The predicted octanol–water partition coefficient (Wildman–Crippen LogP) is 4.90. The molecule has 0 unspecified atom stereocenters. The number of hydrogen-bond donors (Lipinski definition) is 0. The summed E-state index contributed by atoms with van der Waals surface area (Å²) in [5.74, 6) is 1.10. The lowest BCUT2D eigenvalue weighted by Crippen LogP contribution is -2.33. The molecule has 140 valence electrons. The molecule has 0 spiro atoms. The summed E-state index contributed by atoms with van der Waals surface area (Å²) in [4.78, 5) is 2.34. The van der Waals surface area contributed by atoms with Crippen LogP contribution in [0.4, 0.5) is 8.78 Å². The minimum atomic E-state index is -2.80. The molecule has 1 aliphatic rings. The van der Waals surface area contributed by atoms with Crippen molar-refractivity contribution in [2.45, 2.75) is 38.7 Å². The van der Waals surface area contributed by atoms with Crippen molar-refractivity contribution in [1.82, 2.24) is 4.90 Å². The Morgan fingerprint density at radius 2 is 1.73 bits per heavy atom. The number of hydrogen-bond acceptors (Lipinski definition) is 3. The Hall–Kier alpha value is -2.14. The standard InChI is InChI=1S/C21H25F2NO2/c22-21(23)26-19-9-6-7-17(15-19)11-12-18-8-2-3-10-20(18)25-16-24-13-4-1-5-14-24/h2-3,6-10,15,21H,1,4-5,11-14,16H2. The molecule has 0 radical (unpaired) electrons. The second-order valence-corrected chi connectivity index (χ2v) is 6.59. The van der Waals surface area contributed by atoms with E-state index >= 15 is 0 Å². The molecule has 0 aliphatic carbocycles. The van der Waals surface area contributed by atoms with E-state index in [2.05, 4.69) is 15.7 Å². The highest BCUT2D eigenvalue weighted by Gasteiger charge is 2.12. The summed E-state index contributed by atoms with van der Waals surface area (Å²) in [6.07, 6.45) is 5.31. The molecule has 5 heteroatoms. The first kappa shape index (κ1) is 18.6. The first-order valence-corrected chi connectivity index (χ1v) is 9.17. The maximum absolute atomic E-state index is 12.4. The molecule has 0 atom stereocenters. The van der Waals surface area contributed by atoms with Crippen molar-refractivity contribution in [3.8, 4) is 11.5 Å². The number of alkyl halides is 2. The van der Waals surface area contributed by atoms with Crippen LogP contribution in [0.1, 0.15) is 30.4 Å². The van der Waals surface area contributed by atoms with Crippen LogP contribution in [0, 0.1) is 0 Å². The van der Waals surface area contributed by atoms with E-state index in [4.69, 9.17) is 4.74 Å². The van der Waals surface area contributed by atoms with Crippen molar-refractivity contribution in [2.75, 3.05) is 19.8 Å². The molecule has 1 fully saturated rings. The summed E-state index contributed by atoms with van der Waals surface area (Å²) in [5, 5.41) is 0. The molecule has 1 heterocycles. The summed E-state index contributed by atoms with van der Waals surface area (Å²) >= 11 is 0. The van der Waals surface area contributed by atoms with Crippen molar-refractivity contribution >= 4 is 0 Å². The molecular weight excluding hydrogens is 336 g/mol. The molecule has 3 nitrogen and oxygen atoms in total. The van der Waals surface area contributed by atoms with Gasteiger partial charge in [-0.2, -0.15) is 8.78 Å². The summed E-state index contributed by atoms with van der Waals surface area (Å²) in [6.45, 7) is 0.0153. The number of piperidine rings is 1. The molecule has 3 rings (SSSR count). The van der Waals surface area contributed by atoms with Crippen molar-refractivity contribution in [3.05, 3.63) is 59.7 Å². The molecule has 0 saturated carbocycles. The van der Waals surface area contributed by atoms with Crippen LogP contribution in [0.5, 0.6) is 11.5 Å². The third-order valence-corrected chi connectivity index (χ3v) is 4.63. The molecule has 2 aromatic carbocycles. The Bertz CT molecular complexity index is 687. The number of para-hydroxylation sites is 1. The fourth-order valence-electron chi connectivity index (χ4n) is 3.26. The number of likely N-dealkylation sites (tertiary alicyclic amines) is 1. The van der Waals surface area contributed by atoms with E-state index in [-0.39, 0.29) is 5.75 Å². The van der Waals surface area contributed by atoms with Crippen molar-refractivity contribution < 1.29 is 18.3 Å². The van der Waals surface area contributed by atoms with Crippen LogP contribution in [-0.4, -0.2) is 31.3 Å². The fourth-order valence-corrected chi connectivity index (χ4v) is 3.26. The molecule has 26 heavy (non-hydrogen) atoms. The highest BCUT2D eigenvalue weighted by molar-refractivity contribution is 5.35. The first-order chi connectivity index (χ1) is 12.7. The normalized spacial score (nSPS) is 15.2. The number of halogens is 2. The van der Waals surface area contributed by atoms with Crippen molar-refractivity contribution in [1.29, 1.82) is 0 Å². The maximum atomic E-state index is 12.4. The largest absolute Gasteiger partial charge is 0.478 e. The van der Waals surface area contributed by atoms with Gasteiger partial charge in [-0.3, -0.25) is 4.90 Å². The van der Waals surface area contributed by atoms with Gasteiger partial charge in [0.25, 0.3) is 0 Å². The molecule has 1 saturated heterocycles. The fraction of sp³-hybridized carbons (Fsp3) is 0.429. The zero-order chi connectivity index (χ0) is 18.2. The van der Waals surface area contributed by atoms with Gasteiger partial charge in [0.15, 0.2) is 0 Å². The van der Waals surface area contributed by atoms with E-state index in [9.17, 15) is 8.78 Å². The van der Waals surface area contributed by atoms with Crippen LogP contribution in [0.3, 0.4) is 0 Å². The highest BCUT2D eigenvalue weighted by atomic mass is 19.3. The summed E-state index contributed by atoms with van der Waals surface area (Å²) < 4.78 is 35.2. The zero-order valence-electron chi connectivity index (χ0n) is 14.9. The van der Waals surface area contributed by atoms with Gasteiger partial charge in [-0.25, -0.2) is 0 Å². The Labute approximate surface area is 153 Å². The Balaban J connectivity index is 1.57. The molecule has 0 bridgehead atoms. The van der Waals surface area contributed by atoms with Gasteiger partial charge in [0, 0.05) is 13.1 Å². The lowest BCUT2D eigenvalue weighted by molar-refractivity contribution is -0.0498. The van der Waals surface area contributed by atoms with E-state index in [0.717, 1.165) is 42.8 Å². The molecule has 1 aliphatic heterocycles. The third kappa shape index (κ3) is 5.70. The highest BCUT2D eigenvalue weighted by Crippen LogP contribution is 2.22.